The van der Waals surface area contributed by atoms with E-state index in [0.29, 0.717) is 6.42 Å². The third-order valence-electron chi connectivity index (χ3n) is 2.41. The van der Waals surface area contributed by atoms with Gasteiger partial charge in [0.1, 0.15) is 17.1 Å². The number of ether oxygens (including phenoxy) is 1. The molecule has 0 spiro atoms. The van der Waals surface area contributed by atoms with Crippen molar-refractivity contribution in [1.82, 2.24) is 9.55 Å². The standard InChI is InChI=1S/C11H11N3O/c1-14-10(6-7-12)13-8-4-3-5-9(15-2)11(8)14/h3-5H,6H2,1-2H3. The van der Waals surface area contributed by atoms with E-state index in [0.717, 1.165) is 22.6 Å². The fourth-order valence-electron chi connectivity index (χ4n) is 1.67. The van der Waals surface area contributed by atoms with Crippen molar-refractivity contribution in [3.8, 4) is 11.8 Å². The molecule has 0 atom stereocenters. The molecule has 0 bridgehead atoms. The highest BCUT2D eigenvalue weighted by Gasteiger charge is 2.10. The molecule has 0 aliphatic carbocycles. The van der Waals surface area contributed by atoms with Crippen molar-refractivity contribution in [2.45, 2.75) is 6.42 Å². The molecule has 0 unspecified atom stereocenters. The molecular weight excluding hydrogens is 190 g/mol. The first-order valence-electron chi connectivity index (χ1n) is 4.63. The molecule has 0 amide bonds. The number of aryl methyl sites for hydroxylation is 1. The number of nitrogens with zero attached hydrogens (tertiary/aromatic N) is 3. The Morgan fingerprint density at radius 3 is 3.00 bits per heavy atom. The van der Waals surface area contributed by atoms with Crippen LogP contribution in [0.4, 0.5) is 0 Å². The summed E-state index contributed by atoms with van der Waals surface area (Å²) in [5.74, 6) is 1.55. The predicted molar refractivity (Wildman–Crippen MR) is 56.6 cm³/mol. The van der Waals surface area contributed by atoms with Crippen molar-refractivity contribution in [3.63, 3.8) is 0 Å². The maximum Gasteiger partial charge on any atom is 0.144 e. The van der Waals surface area contributed by atoms with Crippen molar-refractivity contribution in [1.29, 1.82) is 5.26 Å². The summed E-state index contributed by atoms with van der Waals surface area (Å²) in [5, 5.41) is 8.66. The Morgan fingerprint density at radius 1 is 1.53 bits per heavy atom. The van der Waals surface area contributed by atoms with Gasteiger partial charge in [-0.15, -0.1) is 0 Å². The minimum absolute atomic E-state index is 0.314. The van der Waals surface area contributed by atoms with E-state index in [1.165, 1.54) is 0 Å². The van der Waals surface area contributed by atoms with Gasteiger partial charge < -0.3 is 9.30 Å². The number of hydrogen-bond donors (Lipinski definition) is 0. The summed E-state index contributed by atoms with van der Waals surface area (Å²) in [6.07, 6.45) is 0.314. The molecule has 0 radical (unpaired) electrons. The maximum absolute atomic E-state index is 8.66. The Hall–Kier alpha value is -2.02. The van der Waals surface area contributed by atoms with E-state index in [9.17, 15) is 0 Å². The van der Waals surface area contributed by atoms with Crippen LogP contribution >= 0.6 is 0 Å². The van der Waals surface area contributed by atoms with Crippen LogP contribution in [-0.2, 0) is 13.5 Å². The van der Waals surface area contributed by atoms with Gasteiger partial charge in [0.25, 0.3) is 0 Å². The first kappa shape index (κ1) is 9.53. The van der Waals surface area contributed by atoms with Gasteiger partial charge in [0, 0.05) is 7.05 Å². The molecule has 0 saturated carbocycles. The van der Waals surface area contributed by atoms with Gasteiger partial charge in [-0.3, -0.25) is 0 Å². The number of hydrogen-bond acceptors (Lipinski definition) is 3. The number of benzene rings is 1. The lowest BCUT2D eigenvalue weighted by molar-refractivity contribution is 0.418. The highest BCUT2D eigenvalue weighted by Crippen LogP contribution is 2.25. The summed E-state index contributed by atoms with van der Waals surface area (Å²) in [5.41, 5.74) is 1.80. The zero-order valence-corrected chi connectivity index (χ0v) is 8.69. The summed E-state index contributed by atoms with van der Waals surface area (Å²) in [7, 11) is 3.52. The van der Waals surface area contributed by atoms with E-state index in [2.05, 4.69) is 11.1 Å². The summed E-state index contributed by atoms with van der Waals surface area (Å²) in [6, 6.07) is 7.80. The molecule has 1 aromatic carbocycles. The third kappa shape index (κ3) is 1.42. The molecule has 1 aromatic heterocycles. The average molecular weight is 201 g/mol. The lowest BCUT2D eigenvalue weighted by atomic mass is 10.3. The van der Waals surface area contributed by atoms with Crippen molar-refractivity contribution in [2.75, 3.05) is 7.11 Å². The normalized spacial score (nSPS) is 10.2. The molecule has 1 heterocycles. The largest absolute Gasteiger partial charge is 0.494 e. The second-order valence-corrected chi connectivity index (χ2v) is 3.25. The van der Waals surface area contributed by atoms with E-state index in [-0.39, 0.29) is 0 Å². The molecule has 15 heavy (non-hydrogen) atoms. The van der Waals surface area contributed by atoms with Crippen LogP contribution in [0.25, 0.3) is 11.0 Å². The first-order valence-corrected chi connectivity index (χ1v) is 4.63. The van der Waals surface area contributed by atoms with Gasteiger partial charge in [0.2, 0.25) is 0 Å². The molecule has 0 N–H and O–H groups in total. The van der Waals surface area contributed by atoms with E-state index >= 15 is 0 Å². The zero-order valence-electron chi connectivity index (χ0n) is 8.69. The van der Waals surface area contributed by atoms with Gasteiger partial charge in [-0.05, 0) is 12.1 Å². The van der Waals surface area contributed by atoms with Crippen LogP contribution in [-0.4, -0.2) is 16.7 Å². The Morgan fingerprint density at radius 2 is 2.33 bits per heavy atom. The topological polar surface area (TPSA) is 50.8 Å². The molecule has 2 rings (SSSR count). The van der Waals surface area contributed by atoms with Crippen LogP contribution in [0.15, 0.2) is 18.2 Å². The SMILES string of the molecule is COc1cccc2nc(CC#N)n(C)c12. The van der Waals surface area contributed by atoms with Crippen LogP contribution < -0.4 is 4.74 Å². The van der Waals surface area contributed by atoms with Crippen LogP contribution in [0.1, 0.15) is 5.82 Å². The number of para-hydroxylation sites is 1. The highest BCUT2D eigenvalue weighted by molar-refractivity contribution is 5.82. The third-order valence-corrected chi connectivity index (χ3v) is 2.41. The Labute approximate surface area is 87.7 Å². The lowest BCUT2D eigenvalue weighted by Gasteiger charge is -2.03. The van der Waals surface area contributed by atoms with Gasteiger partial charge >= 0.3 is 0 Å². The monoisotopic (exact) mass is 201 g/mol. The predicted octanol–water partition coefficient (Wildman–Crippen LogP) is 1.65. The van der Waals surface area contributed by atoms with Gasteiger partial charge in [-0.1, -0.05) is 6.07 Å². The number of fused-ring (bicyclic) bond motifs is 1. The summed E-state index contributed by atoms with van der Waals surface area (Å²) >= 11 is 0. The maximum atomic E-state index is 8.66. The van der Waals surface area contributed by atoms with Crippen LogP contribution in [0, 0.1) is 11.3 Å². The van der Waals surface area contributed by atoms with Crippen LogP contribution in [0.3, 0.4) is 0 Å². The average Bonchev–Trinajstić information content (AvgIpc) is 2.57. The Bertz CT molecular complexity index is 536. The molecule has 76 valence electrons. The Balaban J connectivity index is 2.72. The molecule has 0 fully saturated rings. The first-order chi connectivity index (χ1) is 7.27. The van der Waals surface area contributed by atoms with Gasteiger partial charge in [0.05, 0.1) is 25.1 Å². The minimum Gasteiger partial charge on any atom is -0.494 e. The molecule has 2 aromatic rings. The lowest BCUT2D eigenvalue weighted by Crippen LogP contribution is -1.97. The summed E-state index contributed by atoms with van der Waals surface area (Å²) in [4.78, 5) is 4.37. The van der Waals surface area contributed by atoms with Gasteiger partial charge in [0.15, 0.2) is 0 Å². The minimum atomic E-state index is 0.314. The number of rotatable bonds is 2. The molecule has 0 aliphatic rings. The van der Waals surface area contributed by atoms with E-state index in [4.69, 9.17) is 10.00 Å². The highest BCUT2D eigenvalue weighted by atomic mass is 16.5. The molecule has 0 aliphatic heterocycles. The number of imidazole rings is 1. The number of aromatic nitrogens is 2. The van der Waals surface area contributed by atoms with Crippen LogP contribution in [0.5, 0.6) is 5.75 Å². The molecule has 0 saturated heterocycles. The second-order valence-electron chi connectivity index (χ2n) is 3.25. The quantitative estimate of drug-likeness (QED) is 0.742. The van der Waals surface area contributed by atoms with Gasteiger partial charge in [-0.25, -0.2) is 4.98 Å². The molecular formula is C11H11N3O. The van der Waals surface area contributed by atoms with Crippen molar-refractivity contribution >= 4 is 11.0 Å². The fourth-order valence-corrected chi connectivity index (χ4v) is 1.67. The van der Waals surface area contributed by atoms with E-state index < -0.39 is 0 Å². The Kier molecular flexibility index (Phi) is 2.30. The van der Waals surface area contributed by atoms with Crippen molar-refractivity contribution in [2.24, 2.45) is 7.05 Å². The second kappa shape index (κ2) is 3.62. The number of methoxy groups -OCH3 is 1. The zero-order chi connectivity index (χ0) is 10.8. The fraction of sp³-hybridized carbons (Fsp3) is 0.273. The summed E-state index contributed by atoms with van der Waals surface area (Å²) < 4.78 is 7.16. The molecule has 4 heteroatoms. The van der Waals surface area contributed by atoms with Crippen molar-refractivity contribution < 1.29 is 4.74 Å². The molecule has 4 nitrogen and oxygen atoms in total. The van der Waals surface area contributed by atoms with Crippen LogP contribution in [0.2, 0.25) is 0 Å². The van der Waals surface area contributed by atoms with E-state index in [1.807, 2.05) is 29.8 Å². The van der Waals surface area contributed by atoms with Crippen molar-refractivity contribution in [3.05, 3.63) is 24.0 Å². The van der Waals surface area contributed by atoms with E-state index in [1.54, 1.807) is 7.11 Å². The van der Waals surface area contributed by atoms with Gasteiger partial charge in [-0.2, -0.15) is 5.26 Å². The number of nitriles is 1. The smallest absolute Gasteiger partial charge is 0.144 e. The summed E-state index contributed by atoms with van der Waals surface area (Å²) in [6.45, 7) is 0.